The molecule has 0 bridgehead atoms. The van der Waals surface area contributed by atoms with Crippen LogP contribution in [0.5, 0.6) is 0 Å². The third-order valence-electron chi connectivity index (χ3n) is 3.68. The Morgan fingerprint density at radius 1 is 1.08 bits per heavy atom. The van der Waals surface area contributed by atoms with Crippen LogP contribution in [-0.4, -0.2) is 15.0 Å². The monoisotopic (exact) mass is 333 g/mol. The van der Waals surface area contributed by atoms with E-state index in [1.807, 2.05) is 49.4 Å². The Hall–Kier alpha value is -2.78. The molecule has 0 aliphatic carbocycles. The Labute approximate surface area is 146 Å². The lowest BCUT2D eigenvalue weighted by atomic mass is 10.1. The van der Waals surface area contributed by atoms with Crippen LogP contribution in [0.1, 0.15) is 16.8 Å². The number of pyridine rings is 1. The second-order valence-corrected chi connectivity index (χ2v) is 5.79. The van der Waals surface area contributed by atoms with Crippen LogP contribution in [-0.2, 0) is 0 Å². The fourth-order valence-corrected chi connectivity index (χ4v) is 2.57. The van der Waals surface area contributed by atoms with Gasteiger partial charge in [-0.3, -0.25) is 0 Å². The van der Waals surface area contributed by atoms with E-state index >= 15 is 0 Å². The first-order chi connectivity index (χ1) is 11.6. The van der Waals surface area contributed by atoms with Crippen molar-refractivity contribution in [3.63, 3.8) is 0 Å². The molecule has 0 aliphatic heterocycles. The van der Waals surface area contributed by atoms with Gasteiger partial charge in [0.05, 0.1) is 11.4 Å². The van der Waals surface area contributed by atoms with Gasteiger partial charge in [0.15, 0.2) is 5.82 Å². The predicted molar refractivity (Wildman–Crippen MR) is 100 cm³/mol. The Morgan fingerprint density at radius 2 is 1.83 bits per heavy atom. The fourth-order valence-electron chi connectivity index (χ4n) is 2.42. The lowest BCUT2D eigenvalue weighted by Crippen LogP contribution is -1.99. The van der Waals surface area contributed by atoms with Crippen LogP contribution in [0.15, 0.2) is 61.8 Å². The van der Waals surface area contributed by atoms with Crippen LogP contribution < -0.4 is 0 Å². The zero-order valence-electron chi connectivity index (χ0n) is 13.3. The van der Waals surface area contributed by atoms with E-state index in [4.69, 9.17) is 16.6 Å². The lowest BCUT2D eigenvalue weighted by Gasteiger charge is -2.09. The van der Waals surface area contributed by atoms with Gasteiger partial charge in [-0.15, -0.1) is 0 Å². The van der Waals surface area contributed by atoms with Gasteiger partial charge >= 0.3 is 0 Å². The van der Waals surface area contributed by atoms with E-state index < -0.39 is 0 Å². The van der Waals surface area contributed by atoms with Crippen LogP contribution in [0.3, 0.4) is 0 Å². The molecule has 0 fully saturated rings. The van der Waals surface area contributed by atoms with Gasteiger partial charge in [0.2, 0.25) is 0 Å². The number of benzene rings is 1. The topological polar surface area (TPSA) is 38.7 Å². The molecule has 1 aromatic carbocycles. The molecule has 2 aromatic heterocycles. The van der Waals surface area contributed by atoms with Gasteiger partial charge in [-0.25, -0.2) is 15.0 Å². The maximum atomic E-state index is 5.97. The summed E-state index contributed by atoms with van der Waals surface area (Å²) in [5.41, 5.74) is 5.10. The van der Waals surface area contributed by atoms with Crippen LogP contribution in [0.4, 0.5) is 0 Å². The summed E-state index contributed by atoms with van der Waals surface area (Å²) in [6.45, 7) is 9.54. The molecule has 118 valence electrons. The van der Waals surface area contributed by atoms with E-state index in [-0.39, 0.29) is 0 Å². The van der Waals surface area contributed by atoms with E-state index in [0.29, 0.717) is 27.8 Å². The van der Waals surface area contributed by atoms with Crippen LogP contribution in [0.25, 0.3) is 33.9 Å². The number of hydrogen-bond acceptors (Lipinski definition) is 3. The number of aryl methyl sites for hydroxylation is 1. The minimum absolute atomic E-state index is 0.387. The minimum atomic E-state index is 0.387. The highest BCUT2D eigenvalue weighted by Crippen LogP contribution is 2.26. The summed E-state index contributed by atoms with van der Waals surface area (Å²) in [6, 6.07) is 14.0. The second kappa shape index (κ2) is 6.77. The van der Waals surface area contributed by atoms with E-state index in [1.165, 1.54) is 0 Å². The first-order valence-corrected chi connectivity index (χ1v) is 7.85. The van der Waals surface area contributed by atoms with Gasteiger partial charge in [-0.05, 0) is 24.6 Å². The quantitative estimate of drug-likeness (QED) is 0.644. The number of hydrogen-bond donors (Lipinski definition) is 0. The molecule has 24 heavy (non-hydrogen) atoms. The van der Waals surface area contributed by atoms with Crippen molar-refractivity contribution in [3.05, 3.63) is 78.6 Å². The van der Waals surface area contributed by atoms with Crippen molar-refractivity contribution >= 4 is 22.7 Å². The highest BCUT2D eigenvalue weighted by atomic mass is 35.5. The summed E-state index contributed by atoms with van der Waals surface area (Å²) < 4.78 is 0. The third-order valence-corrected chi connectivity index (χ3v) is 3.88. The Balaban J connectivity index is 2.11. The van der Waals surface area contributed by atoms with E-state index in [1.54, 1.807) is 12.3 Å². The van der Waals surface area contributed by atoms with Gasteiger partial charge in [0, 0.05) is 22.4 Å². The Kier molecular flexibility index (Phi) is 4.54. The van der Waals surface area contributed by atoms with E-state index in [9.17, 15) is 0 Å². The molecule has 0 aliphatic rings. The van der Waals surface area contributed by atoms with Crippen molar-refractivity contribution in [1.29, 1.82) is 0 Å². The Morgan fingerprint density at radius 3 is 2.50 bits per heavy atom. The molecule has 0 spiro atoms. The summed E-state index contributed by atoms with van der Waals surface area (Å²) in [5.74, 6) is 0.531. The smallest absolute Gasteiger partial charge is 0.178 e. The highest BCUT2D eigenvalue weighted by Gasteiger charge is 2.11. The summed E-state index contributed by atoms with van der Waals surface area (Å²) >= 11 is 5.97. The number of aromatic nitrogens is 3. The molecule has 0 radical (unpaired) electrons. The van der Waals surface area contributed by atoms with Gasteiger partial charge in [-0.1, -0.05) is 61.2 Å². The van der Waals surface area contributed by atoms with Crippen LogP contribution in [0.2, 0.25) is 0 Å². The molecule has 2 heterocycles. The maximum Gasteiger partial charge on any atom is 0.178 e. The first-order valence-electron chi connectivity index (χ1n) is 7.48. The number of halogens is 1. The lowest BCUT2D eigenvalue weighted by molar-refractivity contribution is 1.12. The maximum absolute atomic E-state index is 5.97. The molecule has 4 heteroatoms. The Bertz CT molecular complexity index is 917. The molecule has 0 N–H and O–H groups in total. The molecule has 0 saturated heterocycles. The number of rotatable bonds is 4. The van der Waals surface area contributed by atoms with Crippen molar-refractivity contribution < 1.29 is 0 Å². The van der Waals surface area contributed by atoms with Crippen molar-refractivity contribution in [3.8, 4) is 22.8 Å². The van der Waals surface area contributed by atoms with Gasteiger partial charge in [0.25, 0.3) is 0 Å². The highest BCUT2D eigenvalue weighted by molar-refractivity contribution is 6.48. The standard InChI is InChI=1S/C20H16ClN3/c1-4-17-16(14(3)21)12-22-20(24-17)18-11-10-13(2)19(23-18)15-8-6-5-7-9-15/h4-12H,1,3H2,2H3. The molecular weight excluding hydrogens is 318 g/mol. The molecule has 3 nitrogen and oxygen atoms in total. The summed E-state index contributed by atoms with van der Waals surface area (Å²) in [5, 5.41) is 0.387. The van der Waals surface area contributed by atoms with Crippen molar-refractivity contribution in [2.24, 2.45) is 0 Å². The molecule has 0 amide bonds. The summed E-state index contributed by atoms with van der Waals surface area (Å²) in [6.07, 6.45) is 3.29. The van der Waals surface area contributed by atoms with Gasteiger partial charge in [0.1, 0.15) is 5.69 Å². The molecular formula is C20H16ClN3. The zero-order valence-corrected chi connectivity index (χ0v) is 14.1. The largest absolute Gasteiger partial charge is 0.244 e. The van der Waals surface area contributed by atoms with Crippen LogP contribution in [0, 0.1) is 6.92 Å². The molecule has 0 saturated carbocycles. The minimum Gasteiger partial charge on any atom is -0.244 e. The average molecular weight is 334 g/mol. The average Bonchev–Trinajstić information content (AvgIpc) is 2.62. The third kappa shape index (κ3) is 3.12. The van der Waals surface area contributed by atoms with Crippen molar-refractivity contribution in [2.75, 3.05) is 0 Å². The molecule has 3 rings (SSSR count). The van der Waals surface area contributed by atoms with E-state index in [0.717, 1.165) is 16.8 Å². The predicted octanol–water partition coefficient (Wildman–Crippen LogP) is 5.37. The van der Waals surface area contributed by atoms with Crippen molar-refractivity contribution in [1.82, 2.24) is 15.0 Å². The first kappa shape index (κ1) is 16.1. The van der Waals surface area contributed by atoms with Crippen molar-refractivity contribution in [2.45, 2.75) is 6.92 Å². The summed E-state index contributed by atoms with van der Waals surface area (Å²) in [4.78, 5) is 13.6. The second-order valence-electron chi connectivity index (χ2n) is 5.33. The molecule has 3 aromatic rings. The van der Waals surface area contributed by atoms with Gasteiger partial charge in [-0.2, -0.15) is 0 Å². The SMILES string of the molecule is C=Cc1nc(-c2ccc(C)c(-c3ccccc3)n2)ncc1C(=C)Cl. The summed E-state index contributed by atoms with van der Waals surface area (Å²) in [7, 11) is 0. The normalized spacial score (nSPS) is 10.4. The molecule has 0 atom stereocenters. The number of nitrogens with zero attached hydrogens (tertiary/aromatic N) is 3. The molecule has 0 unspecified atom stereocenters. The van der Waals surface area contributed by atoms with Crippen LogP contribution >= 0.6 is 11.6 Å². The van der Waals surface area contributed by atoms with E-state index in [2.05, 4.69) is 23.1 Å². The fraction of sp³-hybridized carbons (Fsp3) is 0.0500. The zero-order chi connectivity index (χ0) is 17.1. The van der Waals surface area contributed by atoms with Gasteiger partial charge < -0.3 is 0 Å².